The summed E-state index contributed by atoms with van der Waals surface area (Å²) < 4.78 is 1.01. The van der Waals surface area contributed by atoms with Crippen LogP contribution in [-0.4, -0.2) is 23.1 Å². The standard InChI is InChI=1S/C18H19BrN4/c1-3-23(4-2)15-8-6-14(7-9-15)22-18-16-11-13(19)5-10-17(16)20-12-21-18/h5-12H,3-4H2,1-2H3,(H,20,21,22). The highest BCUT2D eigenvalue weighted by molar-refractivity contribution is 9.10. The van der Waals surface area contributed by atoms with Gasteiger partial charge in [-0.3, -0.25) is 0 Å². The van der Waals surface area contributed by atoms with Crippen LogP contribution in [0.3, 0.4) is 0 Å². The van der Waals surface area contributed by atoms with Gasteiger partial charge in [-0.05, 0) is 56.3 Å². The molecule has 2 aromatic carbocycles. The zero-order valence-corrected chi connectivity index (χ0v) is 14.8. The predicted octanol–water partition coefficient (Wildman–Crippen LogP) is 4.98. The van der Waals surface area contributed by atoms with Crippen molar-refractivity contribution in [2.45, 2.75) is 13.8 Å². The molecule has 0 saturated carbocycles. The average molecular weight is 371 g/mol. The normalized spacial score (nSPS) is 10.7. The molecule has 0 atom stereocenters. The zero-order chi connectivity index (χ0) is 16.2. The fraction of sp³-hybridized carbons (Fsp3) is 0.222. The fourth-order valence-electron chi connectivity index (χ4n) is 2.61. The highest BCUT2D eigenvalue weighted by Crippen LogP contribution is 2.26. The number of fused-ring (bicyclic) bond motifs is 1. The number of aromatic nitrogens is 2. The van der Waals surface area contributed by atoms with E-state index < -0.39 is 0 Å². The highest BCUT2D eigenvalue weighted by atomic mass is 79.9. The molecule has 0 aliphatic carbocycles. The van der Waals surface area contributed by atoms with Crippen molar-refractivity contribution in [2.24, 2.45) is 0 Å². The average Bonchev–Trinajstić information content (AvgIpc) is 2.58. The lowest BCUT2D eigenvalue weighted by Crippen LogP contribution is -2.21. The van der Waals surface area contributed by atoms with Gasteiger partial charge in [0.15, 0.2) is 0 Å². The molecule has 0 spiro atoms. The number of benzene rings is 2. The summed E-state index contributed by atoms with van der Waals surface area (Å²) in [7, 11) is 0. The molecular weight excluding hydrogens is 352 g/mol. The number of nitrogens with one attached hydrogen (secondary N) is 1. The van der Waals surface area contributed by atoms with E-state index in [0.717, 1.165) is 40.0 Å². The van der Waals surface area contributed by atoms with E-state index in [0.29, 0.717) is 0 Å². The fourth-order valence-corrected chi connectivity index (χ4v) is 2.97. The second kappa shape index (κ2) is 6.96. The molecular formula is C18H19BrN4. The third-order valence-corrected chi connectivity index (χ3v) is 4.35. The molecule has 0 fully saturated rings. The van der Waals surface area contributed by atoms with Crippen molar-refractivity contribution in [1.82, 2.24) is 9.97 Å². The van der Waals surface area contributed by atoms with E-state index in [1.165, 1.54) is 5.69 Å². The van der Waals surface area contributed by atoms with E-state index in [9.17, 15) is 0 Å². The summed E-state index contributed by atoms with van der Waals surface area (Å²) in [5.74, 6) is 0.812. The minimum absolute atomic E-state index is 0.812. The van der Waals surface area contributed by atoms with E-state index >= 15 is 0 Å². The summed E-state index contributed by atoms with van der Waals surface area (Å²) in [4.78, 5) is 11.0. The van der Waals surface area contributed by atoms with Gasteiger partial charge in [-0.1, -0.05) is 15.9 Å². The smallest absolute Gasteiger partial charge is 0.141 e. The van der Waals surface area contributed by atoms with Gasteiger partial charge >= 0.3 is 0 Å². The summed E-state index contributed by atoms with van der Waals surface area (Å²) in [6.07, 6.45) is 1.59. The molecule has 0 bridgehead atoms. The molecule has 0 radical (unpaired) electrons. The summed E-state index contributed by atoms with van der Waals surface area (Å²) in [6, 6.07) is 14.4. The molecule has 3 aromatic rings. The maximum atomic E-state index is 4.38. The Bertz CT molecular complexity index is 798. The first-order chi connectivity index (χ1) is 11.2. The molecule has 1 heterocycles. The maximum absolute atomic E-state index is 4.38. The molecule has 118 valence electrons. The lowest BCUT2D eigenvalue weighted by Gasteiger charge is -2.21. The summed E-state index contributed by atoms with van der Waals surface area (Å²) in [5, 5.41) is 4.38. The first-order valence-electron chi connectivity index (χ1n) is 7.73. The van der Waals surface area contributed by atoms with Gasteiger partial charge in [-0.2, -0.15) is 0 Å². The Kier molecular flexibility index (Phi) is 4.76. The number of anilines is 3. The van der Waals surface area contributed by atoms with Gasteiger partial charge in [0.05, 0.1) is 5.52 Å². The van der Waals surface area contributed by atoms with E-state index in [-0.39, 0.29) is 0 Å². The molecule has 23 heavy (non-hydrogen) atoms. The SMILES string of the molecule is CCN(CC)c1ccc(Nc2ncnc3ccc(Br)cc23)cc1. The van der Waals surface area contributed by atoms with Gasteiger partial charge in [0, 0.05) is 34.3 Å². The van der Waals surface area contributed by atoms with Crippen LogP contribution in [-0.2, 0) is 0 Å². The van der Waals surface area contributed by atoms with Gasteiger partial charge in [0.25, 0.3) is 0 Å². The van der Waals surface area contributed by atoms with Crippen LogP contribution < -0.4 is 10.2 Å². The summed E-state index contributed by atoms with van der Waals surface area (Å²) in [5.41, 5.74) is 3.17. The molecule has 3 rings (SSSR count). The third kappa shape index (κ3) is 3.45. The van der Waals surface area contributed by atoms with Gasteiger partial charge in [-0.15, -0.1) is 0 Å². The van der Waals surface area contributed by atoms with Gasteiger partial charge in [0.1, 0.15) is 12.1 Å². The van der Waals surface area contributed by atoms with Crippen molar-refractivity contribution >= 4 is 44.0 Å². The van der Waals surface area contributed by atoms with Crippen molar-refractivity contribution in [3.05, 3.63) is 53.3 Å². The molecule has 0 unspecified atom stereocenters. The van der Waals surface area contributed by atoms with Crippen molar-refractivity contribution in [3.8, 4) is 0 Å². The Morgan fingerprint density at radius 2 is 1.74 bits per heavy atom. The highest BCUT2D eigenvalue weighted by Gasteiger charge is 2.06. The second-order valence-electron chi connectivity index (χ2n) is 5.23. The molecule has 1 N–H and O–H groups in total. The van der Waals surface area contributed by atoms with Crippen molar-refractivity contribution < 1.29 is 0 Å². The minimum atomic E-state index is 0.812. The Morgan fingerprint density at radius 3 is 2.43 bits per heavy atom. The van der Waals surface area contributed by atoms with Crippen LogP contribution in [0.5, 0.6) is 0 Å². The monoisotopic (exact) mass is 370 g/mol. The van der Waals surface area contributed by atoms with Crippen molar-refractivity contribution in [1.29, 1.82) is 0 Å². The van der Waals surface area contributed by atoms with Gasteiger partial charge in [-0.25, -0.2) is 9.97 Å². The Morgan fingerprint density at radius 1 is 1.00 bits per heavy atom. The molecule has 0 saturated heterocycles. The Labute approximate surface area is 144 Å². The van der Waals surface area contributed by atoms with Crippen LogP contribution in [0.4, 0.5) is 17.2 Å². The van der Waals surface area contributed by atoms with Crippen LogP contribution in [0.2, 0.25) is 0 Å². The number of hydrogen-bond donors (Lipinski definition) is 1. The first-order valence-corrected chi connectivity index (χ1v) is 8.53. The maximum Gasteiger partial charge on any atom is 0.141 e. The largest absolute Gasteiger partial charge is 0.372 e. The molecule has 0 amide bonds. The van der Waals surface area contributed by atoms with Crippen LogP contribution in [0.15, 0.2) is 53.3 Å². The summed E-state index contributed by atoms with van der Waals surface area (Å²) >= 11 is 3.50. The number of rotatable bonds is 5. The number of nitrogens with zero attached hydrogens (tertiary/aromatic N) is 3. The van der Waals surface area contributed by atoms with Crippen LogP contribution in [0.1, 0.15) is 13.8 Å². The summed E-state index contributed by atoms with van der Waals surface area (Å²) in [6.45, 7) is 6.35. The van der Waals surface area contributed by atoms with Crippen molar-refractivity contribution in [3.63, 3.8) is 0 Å². The lowest BCUT2D eigenvalue weighted by molar-refractivity contribution is 0.866. The lowest BCUT2D eigenvalue weighted by atomic mass is 10.2. The number of hydrogen-bond acceptors (Lipinski definition) is 4. The second-order valence-corrected chi connectivity index (χ2v) is 6.14. The molecule has 0 aliphatic rings. The van der Waals surface area contributed by atoms with Gasteiger partial charge < -0.3 is 10.2 Å². The van der Waals surface area contributed by atoms with Crippen LogP contribution >= 0.6 is 15.9 Å². The topological polar surface area (TPSA) is 41.0 Å². The first kappa shape index (κ1) is 15.7. The molecule has 5 heteroatoms. The Hall–Kier alpha value is -2.14. The van der Waals surface area contributed by atoms with E-state index in [2.05, 4.69) is 74.2 Å². The molecule has 0 aliphatic heterocycles. The third-order valence-electron chi connectivity index (χ3n) is 3.86. The minimum Gasteiger partial charge on any atom is -0.372 e. The van der Waals surface area contributed by atoms with Gasteiger partial charge in [0.2, 0.25) is 0 Å². The molecule has 4 nitrogen and oxygen atoms in total. The van der Waals surface area contributed by atoms with Crippen LogP contribution in [0, 0.1) is 0 Å². The zero-order valence-electron chi connectivity index (χ0n) is 13.3. The van der Waals surface area contributed by atoms with E-state index in [1.54, 1.807) is 6.33 Å². The van der Waals surface area contributed by atoms with Crippen molar-refractivity contribution in [2.75, 3.05) is 23.3 Å². The number of halogens is 1. The van der Waals surface area contributed by atoms with Crippen LogP contribution in [0.25, 0.3) is 10.9 Å². The Balaban J connectivity index is 1.89. The van der Waals surface area contributed by atoms with E-state index in [4.69, 9.17) is 0 Å². The van der Waals surface area contributed by atoms with E-state index in [1.807, 2.05) is 18.2 Å². The molecule has 1 aromatic heterocycles. The quantitative estimate of drug-likeness (QED) is 0.687. The predicted molar refractivity (Wildman–Crippen MR) is 101 cm³/mol.